The lowest BCUT2D eigenvalue weighted by Crippen LogP contribution is -2.02. The molecular formula is C61H39N3O. The van der Waals surface area contributed by atoms with Gasteiger partial charge in [0.15, 0.2) is 17.5 Å². The van der Waals surface area contributed by atoms with Crippen LogP contribution in [0.4, 0.5) is 0 Å². The van der Waals surface area contributed by atoms with Crippen LogP contribution in [0, 0.1) is 0 Å². The van der Waals surface area contributed by atoms with Crippen LogP contribution < -0.4 is 0 Å². The summed E-state index contributed by atoms with van der Waals surface area (Å²) in [5, 5.41) is 4.65. The van der Waals surface area contributed by atoms with E-state index in [2.05, 4.69) is 200 Å². The van der Waals surface area contributed by atoms with E-state index in [4.69, 9.17) is 19.4 Å². The molecule has 10 aromatic carbocycles. The van der Waals surface area contributed by atoms with E-state index in [0.29, 0.717) is 17.5 Å². The highest BCUT2D eigenvalue weighted by Crippen LogP contribution is 2.41. The minimum Gasteiger partial charge on any atom is -0.456 e. The molecule has 4 nitrogen and oxygen atoms in total. The topological polar surface area (TPSA) is 51.8 Å². The minimum atomic E-state index is 0.612. The van der Waals surface area contributed by atoms with Crippen LogP contribution in [-0.4, -0.2) is 15.0 Å². The Bertz CT molecular complexity index is 3610. The van der Waals surface area contributed by atoms with E-state index in [1.165, 1.54) is 16.3 Å². The zero-order valence-electron chi connectivity index (χ0n) is 35.3. The highest BCUT2D eigenvalue weighted by molar-refractivity contribution is 6.13. The number of benzene rings is 10. The lowest BCUT2D eigenvalue weighted by molar-refractivity contribution is 0.669. The summed E-state index contributed by atoms with van der Waals surface area (Å²) in [4.78, 5) is 15.7. The van der Waals surface area contributed by atoms with Crippen LogP contribution in [0.2, 0.25) is 0 Å². The number of hydrogen-bond donors (Lipinski definition) is 0. The smallest absolute Gasteiger partial charge is 0.164 e. The highest BCUT2D eigenvalue weighted by Gasteiger charge is 2.19. The maximum Gasteiger partial charge on any atom is 0.164 e. The van der Waals surface area contributed by atoms with Gasteiger partial charge in [-0.3, -0.25) is 0 Å². The van der Waals surface area contributed by atoms with Gasteiger partial charge in [0.25, 0.3) is 0 Å². The maximum atomic E-state index is 6.25. The molecule has 0 saturated heterocycles. The molecule has 0 unspecified atom stereocenters. The Kier molecular flexibility index (Phi) is 9.46. The fourth-order valence-electron chi connectivity index (χ4n) is 9.31. The summed E-state index contributed by atoms with van der Waals surface area (Å²) < 4.78 is 6.25. The fourth-order valence-corrected chi connectivity index (χ4v) is 9.31. The third kappa shape index (κ3) is 6.95. The molecular weight excluding hydrogens is 791 g/mol. The molecule has 65 heavy (non-hydrogen) atoms. The summed E-state index contributed by atoms with van der Waals surface area (Å²) in [5.41, 5.74) is 15.9. The number of aromatic nitrogens is 3. The first-order chi connectivity index (χ1) is 32.2. The number of nitrogens with zero attached hydrogens (tertiary/aromatic N) is 3. The van der Waals surface area contributed by atoms with Gasteiger partial charge in [-0.1, -0.05) is 218 Å². The van der Waals surface area contributed by atoms with Gasteiger partial charge >= 0.3 is 0 Å². The minimum absolute atomic E-state index is 0.612. The molecule has 304 valence electrons. The van der Waals surface area contributed by atoms with E-state index in [0.717, 1.165) is 88.7 Å². The molecule has 0 aliphatic heterocycles. The second kappa shape index (κ2) is 16.2. The third-order valence-corrected chi connectivity index (χ3v) is 12.4. The van der Waals surface area contributed by atoms with Crippen molar-refractivity contribution in [2.75, 3.05) is 0 Å². The summed E-state index contributed by atoms with van der Waals surface area (Å²) >= 11 is 0. The predicted molar refractivity (Wildman–Crippen MR) is 268 cm³/mol. The van der Waals surface area contributed by atoms with Crippen molar-refractivity contribution in [2.45, 2.75) is 0 Å². The summed E-state index contributed by atoms with van der Waals surface area (Å²) in [6, 6.07) is 82.9. The molecule has 0 bridgehead atoms. The molecule has 0 aliphatic carbocycles. The second-order valence-corrected chi connectivity index (χ2v) is 16.3. The summed E-state index contributed by atoms with van der Waals surface area (Å²) in [6.45, 7) is 0. The highest BCUT2D eigenvalue weighted by atomic mass is 16.3. The van der Waals surface area contributed by atoms with Gasteiger partial charge in [-0.05, 0) is 84.6 Å². The first-order valence-electron chi connectivity index (χ1n) is 21.9. The number of hydrogen-bond acceptors (Lipinski definition) is 4. The first kappa shape index (κ1) is 38.0. The summed E-state index contributed by atoms with van der Waals surface area (Å²) in [6.07, 6.45) is 0. The molecule has 0 spiro atoms. The Labute approximate surface area is 376 Å². The van der Waals surface area contributed by atoms with E-state index < -0.39 is 0 Å². The predicted octanol–water partition coefficient (Wildman–Crippen LogP) is 16.3. The standard InChI is InChI=1S/C61H39N3O/c1-3-17-40(18-4-1)46-23-7-11-27-53(46)60-62-59(63-61(64-60)54-28-12-8-24-47(54)41-19-5-2-6-20-41)43-35-33-42(34-36-43)48-37-38-49(52-26-10-9-25-51(48)52)44-21-15-22-45(39-44)50-30-16-32-57-58(50)55-29-13-14-31-56(55)65-57/h1-39H. The number of para-hydroxylation sites is 1. The molecule has 0 N–H and O–H groups in total. The van der Waals surface area contributed by atoms with E-state index in [1.54, 1.807) is 0 Å². The molecule has 12 rings (SSSR count). The van der Waals surface area contributed by atoms with Crippen LogP contribution in [-0.2, 0) is 0 Å². The maximum absolute atomic E-state index is 6.25. The van der Waals surface area contributed by atoms with Crippen molar-refractivity contribution in [3.8, 4) is 89.8 Å². The Morgan fingerprint density at radius 1 is 0.231 bits per heavy atom. The zero-order valence-corrected chi connectivity index (χ0v) is 35.3. The quantitative estimate of drug-likeness (QED) is 0.153. The Morgan fingerprint density at radius 3 is 1.25 bits per heavy atom. The van der Waals surface area contributed by atoms with Crippen molar-refractivity contribution in [1.29, 1.82) is 0 Å². The van der Waals surface area contributed by atoms with Gasteiger partial charge in [0.05, 0.1) is 0 Å². The van der Waals surface area contributed by atoms with Gasteiger partial charge in [-0.2, -0.15) is 0 Å². The summed E-state index contributed by atoms with van der Waals surface area (Å²) in [7, 11) is 0. The van der Waals surface area contributed by atoms with E-state index in [9.17, 15) is 0 Å². The average Bonchev–Trinajstić information content (AvgIpc) is 3.78. The van der Waals surface area contributed by atoms with Crippen LogP contribution >= 0.6 is 0 Å². The first-order valence-corrected chi connectivity index (χ1v) is 21.9. The van der Waals surface area contributed by atoms with Crippen molar-refractivity contribution in [3.05, 3.63) is 237 Å². The molecule has 4 heteroatoms. The SMILES string of the molecule is c1ccc(-c2ccccc2-c2nc(-c3ccc(-c4ccc(-c5cccc(-c6cccc7oc8ccccc8c67)c5)c5ccccc45)cc3)nc(-c3ccccc3-c3ccccc3)n2)cc1. The van der Waals surface area contributed by atoms with Gasteiger partial charge in [0, 0.05) is 27.5 Å². The zero-order chi connectivity index (χ0) is 43.1. The molecule has 0 saturated carbocycles. The van der Waals surface area contributed by atoms with Crippen molar-refractivity contribution < 1.29 is 4.42 Å². The Balaban J connectivity index is 0.946. The second-order valence-electron chi connectivity index (χ2n) is 16.3. The molecule has 0 radical (unpaired) electrons. The molecule has 2 heterocycles. The van der Waals surface area contributed by atoms with Gasteiger partial charge < -0.3 is 4.42 Å². The largest absolute Gasteiger partial charge is 0.456 e. The van der Waals surface area contributed by atoms with Gasteiger partial charge in [-0.15, -0.1) is 0 Å². The van der Waals surface area contributed by atoms with E-state index in [-0.39, 0.29) is 0 Å². The van der Waals surface area contributed by atoms with Gasteiger partial charge in [0.2, 0.25) is 0 Å². The Hall–Kier alpha value is -8.73. The third-order valence-electron chi connectivity index (χ3n) is 12.4. The van der Waals surface area contributed by atoms with Crippen LogP contribution in [0.3, 0.4) is 0 Å². The van der Waals surface area contributed by atoms with Crippen molar-refractivity contribution in [2.24, 2.45) is 0 Å². The van der Waals surface area contributed by atoms with Crippen molar-refractivity contribution in [1.82, 2.24) is 15.0 Å². The lowest BCUT2D eigenvalue weighted by Gasteiger charge is -2.15. The monoisotopic (exact) mass is 829 g/mol. The van der Waals surface area contributed by atoms with Crippen LogP contribution in [0.15, 0.2) is 241 Å². The normalized spacial score (nSPS) is 11.4. The molecule has 12 aromatic rings. The Morgan fingerprint density at radius 2 is 0.631 bits per heavy atom. The van der Waals surface area contributed by atoms with Gasteiger partial charge in [0.1, 0.15) is 11.2 Å². The van der Waals surface area contributed by atoms with Crippen LogP contribution in [0.25, 0.3) is 123 Å². The number of furan rings is 1. The molecule has 0 amide bonds. The lowest BCUT2D eigenvalue weighted by atomic mass is 9.90. The van der Waals surface area contributed by atoms with E-state index in [1.807, 2.05) is 36.4 Å². The molecule has 0 aliphatic rings. The molecule has 2 aromatic heterocycles. The number of fused-ring (bicyclic) bond motifs is 4. The molecule has 0 atom stereocenters. The number of rotatable bonds is 8. The summed E-state index contributed by atoms with van der Waals surface area (Å²) in [5.74, 6) is 1.86. The van der Waals surface area contributed by atoms with Crippen LogP contribution in [0.5, 0.6) is 0 Å². The van der Waals surface area contributed by atoms with Crippen molar-refractivity contribution >= 4 is 32.7 Å². The van der Waals surface area contributed by atoms with Crippen LogP contribution in [0.1, 0.15) is 0 Å². The van der Waals surface area contributed by atoms with Crippen molar-refractivity contribution in [3.63, 3.8) is 0 Å². The van der Waals surface area contributed by atoms with Gasteiger partial charge in [-0.25, -0.2) is 15.0 Å². The van der Waals surface area contributed by atoms with E-state index >= 15 is 0 Å². The average molecular weight is 830 g/mol. The fraction of sp³-hybridized carbons (Fsp3) is 0. The molecule has 0 fully saturated rings.